The molecule has 0 spiro atoms. The van der Waals surface area contributed by atoms with Crippen molar-refractivity contribution in [2.75, 3.05) is 0 Å². The zero-order valence-corrected chi connectivity index (χ0v) is 8.39. The van der Waals surface area contributed by atoms with E-state index in [4.69, 9.17) is 9.52 Å². The highest BCUT2D eigenvalue weighted by Crippen LogP contribution is 1.93. The maximum Gasteiger partial charge on any atom is 0.159 e. The summed E-state index contributed by atoms with van der Waals surface area (Å²) in [6, 6.07) is 3.79. The Labute approximate surface area is 78.2 Å². The fourth-order valence-corrected chi connectivity index (χ4v) is 0.361. The molecule has 3 heteroatoms. The fourth-order valence-electron chi connectivity index (χ4n) is 0.361. The standard InChI is InChI=1S/C5H6O.C4H8OS/c1-5-3-2-4-6-5;1-3(2)4(5)6/h2-4H,1H3;3H,1-2H3,(H,5,6). The molecule has 0 atom stereocenters. The normalized spacial score (nSPS) is 9.00. The summed E-state index contributed by atoms with van der Waals surface area (Å²) in [4.78, 5) is 0. The Hall–Kier alpha value is -0.830. The van der Waals surface area contributed by atoms with Gasteiger partial charge in [0.1, 0.15) is 5.76 Å². The third kappa shape index (κ3) is 5.92. The molecular formula is C9H14O2S. The molecule has 0 aliphatic heterocycles. The van der Waals surface area contributed by atoms with Crippen LogP contribution in [0, 0.1) is 12.8 Å². The van der Waals surface area contributed by atoms with Crippen LogP contribution >= 0.6 is 12.2 Å². The van der Waals surface area contributed by atoms with Gasteiger partial charge >= 0.3 is 0 Å². The maximum absolute atomic E-state index is 8.36. The highest BCUT2D eigenvalue weighted by molar-refractivity contribution is 7.80. The average molecular weight is 186 g/mol. The molecule has 1 aromatic heterocycles. The summed E-state index contributed by atoms with van der Waals surface area (Å²) in [7, 11) is 0. The average Bonchev–Trinajstić information content (AvgIpc) is 2.40. The molecule has 0 amide bonds. The summed E-state index contributed by atoms with van der Waals surface area (Å²) in [6.45, 7) is 5.62. The van der Waals surface area contributed by atoms with E-state index in [0.29, 0.717) is 0 Å². The number of thiocarbonyl (C=S) groups is 1. The van der Waals surface area contributed by atoms with Crippen molar-refractivity contribution in [1.29, 1.82) is 0 Å². The second-order valence-corrected chi connectivity index (χ2v) is 3.13. The first-order valence-electron chi connectivity index (χ1n) is 3.77. The molecule has 12 heavy (non-hydrogen) atoms. The van der Waals surface area contributed by atoms with Gasteiger partial charge in [-0.25, -0.2) is 0 Å². The minimum Gasteiger partial charge on any atom is -0.502 e. The molecule has 0 aliphatic carbocycles. The quantitative estimate of drug-likeness (QED) is 0.684. The minimum absolute atomic E-state index is 0.0926. The van der Waals surface area contributed by atoms with E-state index in [2.05, 4.69) is 12.2 Å². The first-order valence-corrected chi connectivity index (χ1v) is 4.17. The van der Waals surface area contributed by atoms with Crippen LogP contribution in [0.1, 0.15) is 19.6 Å². The van der Waals surface area contributed by atoms with Gasteiger partial charge < -0.3 is 9.52 Å². The summed E-state index contributed by atoms with van der Waals surface area (Å²) in [5.74, 6) is 1.11. The van der Waals surface area contributed by atoms with Crippen LogP contribution in [-0.2, 0) is 0 Å². The fraction of sp³-hybridized carbons (Fsp3) is 0.444. The molecule has 68 valence electrons. The molecular weight excluding hydrogens is 172 g/mol. The van der Waals surface area contributed by atoms with Gasteiger partial charge in [-0.15, -0.1) is 0 Å². The van der Waals surface area contributed by atoms with Gasteiger partial charge in [0.2, 0.25) is 0 Å². The van der Waals surface area contributed by atoms with Gasteiger partial charge in [-0.3, -0.25) is 0 Å². The number of rotatable bonds is 1. The smallest absolute Gasteiger partial charge is 0.159 e. The molecule has 0 bridgehead atoms. The van der Waals surface area contributed by atoms with Crippen molar-refractivity contribution in [3.8, 4) is 0 Å². The van der Waals surface area contributed by atoms with Crippen molar-refractivity contribution in [2.24, 2.45) is 5.92 Å². The Morgan fingerprint density at radius 1 is 1.58 bits per heavy atom. The van der Waals surface area contributed by atoms with Gasteiger partial charge in [-0.2, -0.15) is 0 Å². The van der Waals surface area contributed by atoms with Crippen molar-refractivity contribution < 1.29 is 9.52 Å². The van der Waals surface area contributed by atoms with Crippen molar-refractivity contribution in [3.05, 3.63) is 24.2 Å². The Morgan fingerprint density at radius 2 is 2.08 bits per heavy atom. The molecule has 0 saturated heterocycles. The molecule has 0 fully saturated rings. The van der Waals surface area contributed by atoms with Gasteiger partial charge in [0.05, 0.1) is 6.26 Å². The molecule has 0 unspecified atom stereocenters. The summed E-state index contributed by atoms with van der Waals surface area (Å²) >= 11 is 4.38. The van der Waals surface area contributed by atoms with Crippen molar-refractivity contribution in [1.82, 2.24) is 0 Å². The summed E-state index contributed by atoms with van der Waals surface area (Å²) in [5, 5.41) is 8.45. The zero-order chi connectivity index (χ0) is 9.56. The molecule has 0 aromatic carbocycles. The Balaban J connectivity index is 0.000000202. The van der Waals surface area contributed by atoms with Crippen molar-refractivity contribution in [3.63, 3.8) is 0 Å². The van der Waals surface area contributed by atoms with Crippen LogP contribution in [0.2, 0.25) is 0 Å². The molecule has 0 radical (unpaired) electrons. The Bertz CT molecular complexity index is 214. The summed E-state index contributed by atoms with van der Waals surface area (Å²) in [6.07, 6.45) is 1.66. The number of furan rings is 1. The van der Waals surface area contributed by atoms with Gasteiger partial charge in [0, 0.05) is 5.92 Å². The van der Waals surface area contributed by atoms with Crippen molar-refractivity contribution >= 4 is 17.3 Å². The molecule has 1 aromatic rings. The van der Waals surface area contributed by atoms with E-state index >= 15 is 0 Å². The highest BCUT2D eigenvalue weighted by Gasteiger charge is 1.93. The number of hydrogen-bond donors (Lipinski definition) is 1. The van der Waals surface area contributed by atoms with Crippen LogP contribution in [-0.4, -0.2) is 10.2 Å². The van der Waals surface area contributed by atoms with E-state index in [1.54, 1.807) is 6.26 Å². The first-order chi connectivity index (χ1) is 5.54. The molecule has 0 aliphatic rings. The summed E-state index contributed by atoms with van der Waals surface area (Å²) < 4.78 is 4.83. The lowest BCUT2D eigenvalue weighted by molar-refractivity contribution is 0.522. The zero-order valence-electron chi connectivity index (χ0n) is 7.57. The second kappa shape index (κ2) is 5.77. The van der Waals surface area contributed by atoms with Crippen LogP contribution < -0.4 is 0 Å². The number of aryl methyl sites for hydroxylation is 1. The third-order valence-electron chi connectivity index (χ3n) is 1.16. The number of aliphatic hydroxyl groups is 1. The number of aliphatic hydroxyl groups excluding tert-OH is 1. The van der Waals surface area contributed by atoms with Gasteiger partial charge in [-0.1, -0.05) is 13.8 Å². The lowest BCUT2D eigenvalue weighted by Gasteiger charge is -1.93. The van der Waals surface area contributed by atoms with Crippen LogP contribution in [0.3, 0.4) is 0 Å². The van der Waals surface area contributed by atoms with Gasteiger partial charge in [0.25, 0.3) is 0 Å². The molecule has 1 rings (SSSR count). The lowest BCUT2D eigenvalue weighted by Crippen LogP contribution is -1.99. The van der Waals surface area contributed by atoms with Gasteiger partial charge in [0.15, 0.2) is 5.05 Å². The van der Waals surface area contributed by atoms with Crippen LogP contribution in [0.4, 0.5) is 0 Å². The van der Waals surface area contributed by atoms with Crippen LogP contribution in [0.15, 0.2) is 22.8 Å². The van der Waals surface area contributed by atoms with E-state index in [0.717, 1.165) is 5.76 Å². The van der Waals surface area contributed by atoms with E-state index in [1.807, 2.05) is 32.9 Å². The Kier molecular flexibility index (Phi) is 5.37. The van der Waals surface area contributed by atoms with Crippen molar-refractivity contribution in [2.45, 2.75) is 20.8 Å². The SMILES string of the molecule is CC(C)C(O)=S.Cc1ccco1. The monoisotopic (exact) mass is 186 g/mol. The van der Waals surface area contributed by atoms with E-state index in [-0.39, 0.29) is 11.0 Å². The van der Waals surface area contributed by atoms with E-state index in [1.165, 1.54) is 0 Å². The predicted molar refractivity (Wildman–Crippen MR) is 53.5 cm³/mol. The maximum atomic E-state index is 8.36. The van der Waals surface area contributed by atoms with Crippen LogP contribution in [0.5, 0.6) is 0 Å². The topological polar surface area (TPSA) is 33.4 Å². The molecule has 2 nitrogen and oxygen atoms in total. The minimum atomic E-state index is 0.0926. The molecule has 1 heterocycles. The lowest BCUT2D eigenvalue weighted by atomic mass is 10.2. The highest BCUT2D eigenvalue weighted by atomic mass is 32.1. The summed E-state index contributed by atoms with van der Waals surface area (Å²) in [5.41, 5.74) is 0. The van der Waals surface area contributed by atoms with Gasteiger partial charge in [-0.05, 0) is 31.3 Å². The van der Waals surface area contributed by atoms with E-state index in [9.17, 15) is 0 Å². The predicted octanol–water partition coefficient (Wildman–Crippen LogP) is 3.12. The van der Waals surface area contributed by atoms with E-state index < -0.39 is 0 Å². The van der Waals surface area contributed by atoms with Crippen LogP contribution in [0.25, 0.3) is 0 Å². The largest absolute Gasteiger partial charge is 0.502 e. The molecule has 0 saturated carbocycles. The molecule has 1 N–H and O–H groups in total. The Morgan fingerprint density at radius 3 is 2.17 bits per heavy atom. The number of hydrogen-bond acceptors (Lipinski definition) is 2. The first kappa shape index (κ1) is 11.2. The third-order valence-corrected chi connectivity index (χ3v) is 1.63. The second-order valence-electron chi connectivity index (χ2n) is 2.72.